The predicted molar refractivity (Wildman–Crippen MR) is 102 cm³/mol. The minimum atomic E-state index is 0.732. The monoisotopic (exact) mass is 341 g/mol. The van der Waals surface area contributed by atoms with Gasteiger partial charge in [0, 0.05) is 29.4 Å². The maximum atomic E-state index is 4.77. The second-order valence-electron chi connectivity index (χ2n) is 6.01. The van der Waals surface area contributed by atoms with Crippen molar-refractivity contribution in [1.82, 2.24) is 19.9 Å². The molecule has 0 atom stereocenters. The van der Waals surface area contributed by atoms with E-state index in [1.165, 1.54) is 4.88 Å². The Morgan fingerprint density at radius 2 is 2.12 bits per heavy atom. The van der Waals surface area contributed by atoms with Crippen molar-refractivity contribution in [3.8, 4) is 11.4 Å². The third kappa shape index (κ3) is 3.88. The first-order valence-corrected chi connectivity index (χ1v) is 9.08. The lowest BCUT2D eigenvalue weighted by molar-refractivity contribution is 0.405. The fraction of sp³-hybridized carbons (Fsp3) is 0.389. The van der Waals surface area contributed by atoms with Crippen LogP contribution in [-0.4, -0.2) is 47.0 Å². The summed E-state index contributed by atoms with van der Waals surface area (Å²) in [7, 11) is 4.19. The second kappa shape index (κ2) is 7.68. The molecule has 0 bridgehead atoms. The summed E-state index contributed by atoms with van der Waals surface area (Å²) in [6.45, 7) is 4.12. The summed E-state index contributed by atoms with van der Waals surface area (Å²) in [5.41, 5.74) is 0.946. The molecule has 0 aliphatic rings. The van der Waals surface area contributed by atoms with Crippen LogP contribution >= 0.6 is 11.3 Å². The van der Waals surface area contributed by atoms with Gasteiger partial charge in [-0.15, -0.1) is 11.3 Å². The molecule has 3 rings (SSSR count). The molecule has 6 heteroatoms. The maximum Gasteiger partial charge on any atom is 0.164 e. The number of aryl methyl sites for hydroxylation is 1. The molecule has 0 aromatic carbocycles. The van der Waals surface area contributed by atoms with Gasteiger partial charge in [0.1, 0.15) is 10.6 Å². The summed E-state index contributed by atoms with van der Waals surface area (Å²) in [4.78, 5) is 18.3. The lowest BCUT2D eigenvalue weighted by Gasteiger charge is -2.11. The van der Waals surface area contributed by atoms with Gasteiger partial charge in [-0.05, 0) is 51.7 Å². The average molecular weight is 341 g/mol. The fourth-order valence-corrected chi connectivity index (χ4v) is 3.47. The van der Waals surface area contributed by atoms with Crippen molar-refractivity contribution in [2.24, 2.45) is 0 Å². The Balaban J connectivity index is 1.93. The van der Waals surface area contributed by atoms with E-state index in [0.29, 0.717) is 0 Å². The highest BCUT2D eigenvalue weighted by Crippen LogP contribution is 2.31. The number of hydrogen-bond donors (Lipinski definition) is 1. The van der Waals surface area contributed by atoms with Crippen molar-refractivity contribution in [3.63, 3.8) is 0 Å². The van der Waals surface area contributed by atoms with Gasteiger partial charge < -0.3 is 10.2 Å². The van der Waals surface area contributed by atoms with E-state index in [9.17, 15) is 0 Å². The standard InChI is InChI=1S/C18H23N5S/c1-4-14-11-15-17(20-9-6-10-23(2)3)21-16(22-18(15)24-14)13-7-5-8-19-12-13/h5,7-8,11-12H,4,6,9-10H2,1-3H3,(H,20,21,22). The van der Waals surface area contributed by atoms with Crippen molar-refractivity contribution < 1.29 is 0 Å². The van der Waals surface area contributed by atoms with E-state index in [1.54, 1.807) is 17.5 Å². The van der Waals surface area contributed by atoms with Gasteiger partial charge in [0.25, 0.3) is 0 Å². The molecule has 3 heterocycles. The van der Waals surface area contributed by atoms with E-state index in [1.807, 2.05) is 18.3 Å². The molecule has 24 heavy (non-hydrogen) atoms. The molecule has 126 valence electrons. The first-order valence-electron chi connectivity index (χ1n) is 8.27. The normalized spacial score (nSPS) is 11.3. The van der Waals surface area contributed by atoms with E-state index < -0.39 is 0 Å². The molecule has 3 aromatic rings. The Kier molecular flexibility index (Phi) is 5.37. The molecule has 1 N–H and O–H groups in total. The highest BCUT2D eigenvalue weighted by Gasteiger charge is 2.12. The van der Waals surface area contributed by atoms with Crippen molar-refractivity contribution >= 4 is 27.4 Å². The van der Waals surface area contributed by atoms with E-state index in [2.05, 4.69) is 42.3 Å². The highest BCUT2D eigenvalue weighted by atomic mass is 32.1. The van der Waals surface area contributed by atoms with Crippen LogP contribution in [0.25, 0.3) is 21.6 Å². The molecule has 0 saturated carbocycles. The molecule has 0 fully saturated rings. The van der Waals surface area contributed by atoms with Crippen LogP contribution in [0.5, 0.6) is 0 Å². The molecule has 3 aromatic heterocycles. The number of aromatic nitrogens is 3. The maximum absolute atomic E-state index is 4.77. The van der Waals surface area contributed by atoms with Crippen LogP contribution in [0.15, 0.2) is 30.6 Å². The number of pyridine rings is 1. The van der Waals surface area contributed by atoms with Gasteiger partial charge in [0.05, 0.1) is 5.39 Å². The number of nitrogens with one attached hydrogen (secondary N) is 1. The molecule has 0 aliphatic heterocycles. The van der Waals surface area contributed by atoms with Gasteiger partial charge in [0.15, 0.2) is 5.82 Å². The number of fused-ring (bicyclic) bond motifs is 1. The first kappa shape index (κ1) is 16.8. The fourth-order valence-electron chi connectivity index (χ4n) is 2.51. The first-order chi connectivity index (χ1) is 11.7. The molecular weight excluding hydrogens is 318 g/mol. The van der Waals surface area contributed by atoms with E-state index in [4.69, 9.17) is 9.97 Å². The molecule has 0 spiro atoms. The summed E-state index contributed by atoms with van der Waals surface area (Å²) in [6.07, 6.45) is 5.67. The van der Waals surface area contributed by atoms with Crippen LogP contribution in [0, 0.1) is 0 Å². The zero-order chi connectivity index (χ0) is 16.9. The summed E-state index contributed by atoms with van der Waals surface area (Å²) < 4.78 is 0. The number of nitrogens with zero attached hydrogens (tertiary/aromatic N) is 4. The summed E-state index contributed by atoms with van der Waals surface area (Å²) >= 11 is 1.74. The lowest BCUT2D eigenvalue weighted by Crippen LogP contribution is -2.16. The Labute approximate surface area is 146 Å². The van der Waals surface area contributed by atoms with Crippen LogP contribution in [0.2, 0.25) is 0 Å². The molecule has 5 nitrogen and oxygen atoms in total. The number of anilines is 1. The summed E-state index contributed by atoms with van der Waals surface area (Å²) in [5, 5.41) is 4.62. The smallest absolute Gasteiger partial charge is 0.164 e. The van der Waals surface area contributed by atoms with Crippen LogP contribution in [0.4, 0.5) is 5.82 Å². The SMILES string of the molecule is CCc1cc2c(NCCCN(C)C)nc(-c3cccnc3)nc2s1. The molecule has 0 radical (unpaired) electrons. The minimum absolute atomic E-state index is 0.732. The highest BCUT2D eigenvalue weighted by molar-refractivity contribution is 7.18. The zero-order valence-electron chi connectivity index (χ0n) is 14.4. The number of hydrogen-bond acceptors (Lipinski definition) is 6. The Bertz CT molecular complexity index is 798. The Morgan fingerprint density at radius 1 is 1.25 bits per heavy atom. The summed E-state index contributed by atoms with van der Waals surface area (Å²) in [5.74, 6) is 1.66. The Morgan fingerprint density at radius 3 is 2.83 bits per heavy atom. The van der Waals surface area contributed by atoms with Gasteiger partial charge in [-0.2, -0.15) is 0 Å². The molecule has 0 saturated heterocycles. The molecular formula is C18H23N5S. The van der Waals surface area contributed by atoms with Crippen LogP contribution in [0.3, 0.4) is 0 Å². The van der Waals surface area contributed by atoms with Gasteiger partial charge >= 0.3 is 0 Å². The van der Waals surface area contributed by atoms with Crippen LogP contribution < -0.4 is 5.32 Å². The predicted octanol–water partition coefficient (Wildman–Crippen LogP) is 3.68. The van der Waals surface area contributed by atoms with Gasteiger partial charge in [0.2, 0.25) is 0 Å². The lowest BCUT2D eigenvalue weighted by atomic mass is 10.2. The second-order valence-corrected chi connectivity index (χ2v) is 7.12. The van der Waals surface area contributed by atoms with Crippen molar-refractivity contribution in [3.05, 3.63) is 35.5 Å². The van der Waals surface area contributed by atoms with Gasteiger partial charge in [-0.1, -0.05) is 6.92 Å². The van der Waals surface area contributed by atoms with Crippen LogP contribution in [0.1, 0.15) is 18.2 Å². The van der Waals surface area contributed by atoms with Gasteiger partial charge in [-0.3, -0.25) is 4.98 Å². The minimum Gasteiger partial charge on any atom is -0.369 e. The van der Waals surface area contributed by atoms with E-state index in [0.717, 1.165) is 53.4 Å². The zero-order valence-corrected chi connectivity index (χ0v) is 15.2. The Hall–Kier alpha value is -2.05. The third-order valence-corrected chi connectivity index (χ3v) is 4.96. The molecule has 0 aliphatic carbocycles. The number of rotatable bonds is 7. The summed E-state index contributed by atoms with van der Waals surface area (Å²) in [6, 6.07) is 6.12. The third-order valence-electron chi connectivity index (χ3n) is 3.79. The quantitative estimate of drug-likeness (QED) is 0.664. The molecule has 0 amide bonds. The van der Waals surface area contributed by atoms with E-state index in [-0.39, 0.29) is 0 Å². The largest absolute Gasteiger partial charge is 0.369 e. The van der Waals surface area contributed by atoms with Crippen LogP contribution in [-0.2, 0) is 6.42 Å². The molecule has 0 unspecified atom stereocenters. The van der Waals surface area contributed by atoms with Crippen molar-refractivity contribution in [2.75, 3.05) is 32.5 Å². The number of thiophene rings is 1. The van der Waals surface area contributed by atoms with Crippen molar-refractivity contribution in [2.45, 2.75) is 19.8 Å². The van der Waals surface area contributed by atoms with Gasteiger partial charge in [-0.25, -0.2) is 9.97 Å². The van der Waals surface area contributed by atoms with Crippen molar-refractivity contribution in [1.29, 1.82) is 0 Å². The average Bonchev–Trinajstić information content (AvgIpc) is 3.02. The topological polar surface area (TPSA) is 53.9 Å². The van der Waals surface area contributed by atoms with E-state index >= 15 is 0 Å².